The second-order valence-corrected chi connectivity index (χ2v) is 6.80. The maximum absolute atomic E-state index is 12.6. The molecule has 0 aliphatic rings. The second-order valence-electron chi connectivity index (χ2n) is 6.80. The van der Waals surface area contributed by atoms with Crippen molar-refractivity contribution in [3.05, 3.63) is 71.3 Å². The second kappa shape index (κ2) is 9.15. The van der Waals surface area contributed by atoms with E-state index >= 15 is 0 Å². The predicted molar refractivity (Wildman–Crippen MR) is 102 cm³/mol. The van der Waals surface area contributed by atoms with Crippen molar-refractivity contribution in [2.24, 2.45) is 11.7 Å². The van der Waals surface area contributed by atoms with Crippen LogP contribution in [-0.4, -0.2) is 11.9 Å². The van der Waals surface area contributed by atoms with E-state index in [2.05, 4.69) is 50.4 Å². The Bertz CT molecular complexity index is 727. The Morgan fingerprint density at radius 2 is 1.62 bits per heavy atom. The molecule has 26 heavy (non-hydrogen) atoms. The number of urea groups is 1. The number of rotatable bonds is 7. The van der Waals surface area contributed by atoms with Crippen LogP contribution in [-0.2, 0) is 11.2 Å². The number of nitrogens with one attached hydrogen (secondary N) is 1. The van der Waals surface area contributed by atoms with Gasteiger partial charge in [0, 0.05) is 17.0 Å². The largest absolute Gasteiger partial charge is 0.351 e. The summed E-state index contributed by atoms with van der Waals surface area (Å²) >= 11 is 0. The summed E-state index contributed by atoms with van der Waals surface area (Å²) < 4.78 is 0. The zero-order valence-electron chi connectivity index (χ0n) is 15.6. The van der Waals surface area contributed by atoms with Gasteiger partial charge in [-0.15, -0.1) is 0 Å². The maximum Gasteiger partial charge on any atom is 0.319 e. The van der Waals surface area contributed by atoms with E-state index in [-0.39, 0.29) is 6.04 Å². The summed E-state index contributed by atoms with van der Waals surface area (Å²) in [5.41, 5.74) is 8.43. The molecule has 0 aromatic heterocycles. The molecule has 0 saturated heterocycles. The number of benzene rings is 2. The molecule has 2 atom stereocenters. The van der Waals surface area contributed by atoms with Gasteiger partial charge in [0.25, 0.3) is 5.91 Å². The van der Waals surface area contributed by atoms with Crippen molar-refractivity contribution >= 4 is 11.9 Å². The molecule has 2 aromatic rings. The van der Waals surface area contributed by atoms with E-state index in [4.69, 9.17) is 5.73 Å². The minimum atomic E-state index is -0.835. The number of carbonyl (C=O) groups is 2. The van der Waals surface area contributed by atoms with Crippen LogP contribution >= 0.6 is 0 Å². The molecule has 0 aliphatic carbocycles. The molecular formula is C21H28N3O2+. The van der Waals surface area contributed by atoms with E-state index in [1.165, 1.54) is 5.56 Å². The molecule has 5 N–H and O–H groups in total. The number of amides is 3. The van der Waals surface area contributed by atoms with Gasteiger partial charge in [-0.2, -0.15) is 0 Å². The number of quaternary nitrogens is 1. The standard InChI is InChI=1S/C21H27N3O2/c1-4-15-10-12-17(13-11-15)18(14(2)3)23-19(20(25)24-21(22)26)16-8-6-5-7-9-16/h5-14,18-19,23H,4H2,1-3H3,(H3,22,24,25,26)/p+1/t18-,19-/m1/s1. The molecule has 2 rings (SSSR count). The summed E-state index contributed by atoms with van der Waals surface area (Å²) in [6, 6.07) is 16.6. The fourth-order valence-electron chi connectivity index (χ4n) is 3.11. The first-order valence-electron chi connectivity index (χ1n) is 9.01. The van der Waals surface area contributed by atoms with Crippen molar-refractivity contribution in [3.63, 3.8) is 0 Å². The minimum absolute atomic E-state index is 0.0738. The average molecular weight is 354 g/mol. The fourth-order valence-corrected chi connectivity index (χ4v) is 3.11. The SMILES string of the molecule is CCc1ccc([C@H]([NH2+][C@@H](C(=O)NC(N)=O)c2ccccc2)C(C)C)cc1. The van der Waals surface area contributed by atoms with E-state index in [0.717, 1.165) is 17.5 Å². The average Bonchev–Trinajstić information content (AvgIpc) is 2.62. The van der Waals surface area contributed by atoms with Gasteiger partial charge in [0.05, 0.1) is 0 Å². The van der Waals surface area contributed by atoms with Crippen LogP contribution in [0.4, 0.5) is 4.79 Å². The summed E-state index contributed by atoms with van der Waals surface area (Å²) in [6.07, 6.45) is 0.990. The lowest BCUT2D eigenvalue weighted by Crippen LogP contribution is -2.89. The Labute approximate surface area is 155 Å². The number of nitrogens with two attached hydrogens (primary N) is 2. The van der Waals surface area contributed by atoms with Gasteiger partial charge < -0.3 is 11.1 Å². The first-order chi connectivity index (χ1) is 12.4. The van der Waals surface area contributed by atoms with Crippen molar-refractivity contribution in [3.8, 4) is 0 Å². The quantitative estimate of drug-likeness (QED) is 0.713. The monoisotopic (exact) mass is 354 g/mol. The summed E-state index contributed by atoms with van der Waals surface area (Å²) in [6.45, 7) is 6.38. The Kier molecular flexibility index (Phi) is 6.92. The Balaban J connectivity index is 2.32. The Hall–Kier alpha value is -2.66. The van der Waals surface area contributed by atoms with Gasteiger partial charge >= 0.3 is 6.03 Å². The number of carbonyl (C=O) groups excluding carboxylic acids is 2. The van der Waals surface area contributed by atoms with Crippen LogP contribution in [0.2, 0.25) is 0 Å². The highest BCUT2D eigenvalue weighted by atomic mass is 16.2. The highest BCUT2D eigenvalue weighted by molar-refractivity contribution is 5.96. The number of imide groups is 1. The van der Waals surface area contributed by atoms with Gasteiger partial charge in [-0.3, -0.25) is 10.1 Å². The molecular weight excluding hydrogens is 326 g/mol. The smallest absolute Gasteiger partial charge is 0.319 e. The molecule has 0 fully saturated rings. The Morgan fingerprint density at radius 1 is 1.00 bits per heavy atom. The third kappa shape index (κ3) is 5.17. The van der Waals surface area contributed by atoms with Crippen molar-refractivity contribution < 1.29 is 14.9 Å². The molecule has 0 aliphatic heterocycles. The van der Waals surface area contributed by atoms with E-state index in [1.807, 2.05) is 35.6 Å². The van der Waals surface area contributed by atoms with E-state index in [9.17, 15) is 9.59 Å². The van der Waals surface area contributed by atoms with E-state index < -0.39 is 18.0 Å². The molecule has 138 valence electrons. The highest BCUT2D eigenvalue weighted by Gasteiger charge is 2.31. The molecule has 0 heterocycles. The van der Waals surface area contributed by atoms with Gasteiger partial charge in [-0.1, -0.05) is 75.4 Å². The lowest BCUT2D eigenvalue weighted by molar-refractivity contribution is -0.728. The van der Waals surface area contributed by atoms with Gasteiger partial charge in [0.15, 0.2) is 6.04 Å². The van der Waals surface area contributed by atoms with Crippen molar-refractivity contribution in [1.82, 2.24) is 5.32 Å². The zero-order valence-corrected chi connectivity index (χ0v) is 15.6. The third-order valence-electron chi connectivity index (χ3n) is 4.58. The van der Waals surface area contributed by atoms with E-state index in [1.54, 1.807) is 0 Å². The molecule has 0 saturated carbocycles. The number of primary amides is 1. The number of aryl methyl sites for hydroxylation is 1. The lowest BCUT2D eigenvalue weighted by atomic mass is 9.93. The molecule has 2 aromatic carbocycles. The normalized spacial score (nSPS) is 13.2. The maximum atomic E-state index is 12.6. The van der Waals surface area contributed by atoms with Crippen LogP contribution in [0.1, 0.15) is 49.5 Å². The van der Waals surface area contributed by atoms with Gasteiger partial charge in [0.1, 0.15) is 6.04 Å². The summed E-state index contributed by atoms with van der Waals surface area (Å²) in [4.78, 5) is 23.8. The van der Waals surface area contributed by atoms with Crippen molar-refractivity contribution in [1.29, 1.82) is 0 Å². The molecule has 0 unspecified atom stereocenters. The topological polar surface area (TPSA) is 88.8 Å². The minimum Gasteiger partial charge on any atom is -0.351 e. The molecule has 5 nitrogen and oxygen atoms in total. The molecule has 3 amide bonds. The number of hydrogen-bond donors (Lipinski definition) is 3. The summed E-state index contributed by atoms with van der Waals surface area (Å²) in [5, 5.41) is 4.24. The summed E-state index contributed by atoms with van der Waals surface area (Å²) in [5.74, 6) is -0.102. The third-order valence-corrected chi connectivity index (χ3v) is 4.58. The highest BCUT2D eigenvalue weighted by Crippen LogP contribution is 2.21. The molecule has 0 bridgehead atoms. The first-order valence-corrected chi connectivity index (χ1v) is 9.01. The lowest BCUT2D eigenvalue weighted by Gasteiger charge is -2.25. The summed E-state index contributed by atoms with van der Waals surface area (Å²) in [7, 11) is 0. The van der Waals surface area contributed by atoms with Crippen molar-refractivity contribution in [2.45, 2.75) is 39.3 Å². The first kappa shape index (κ1) is 19.7. The van der Waals surface area contributed by atoms with E-state index in [0.29, 0.717) is 5.92 Å². The zero-order chi connectivity index (χ0) is 19.1. The van der Waals surface area contributed by atoms with Crippen molar-refractivity contribution in [2.75, 3.05) is 0 Å². The van der Waals surface area contributed by atoms with Crippen LogP contribution in [0.15, 0.2) is 54.6 Å². The van der Waals surface area contributed by atoms with Crippen LogP contribution < -0.4 is 16.4 Å². The van der Waals surface area contributed by atoms with Gasteiger partial charge in [-0.05, 0) is 12.0 Å². The molecule has 5 heteroatoms. The number of hydrogen-bond acceptors (Lipinski definition) is 2. The van der Waals surface area contributed by atoms with Gasteiger partial charge in [0.2, 0.25) is 0 Å². The Morgan fingerprint density at radius 3 is 2.12 bits per heavy atom. The van der Waals surface area contributed by atoms with Crippen LogP contribution in [0.5, 0.6) is 0 Å². The van der Waals surface area contributed by atoms with Gasteiger partial charge in [-0.25, -0.2) is 4.79 Å². The molecule has 0 radical (unpaired) electrons. The fraction of sp³-hybridized carbons (Fsp3) is 0.333. The predicted octanol–water partition coefficient (Wildman–Crippen LogP) is 2.45. The van der Waals surface area contributed by atoms with Crippen LogP contribution in [0.25, 0.3) is 0 Å². The van der Waals surface area contributed by atoms with Crippen LogP contribution in [0, 0.1) is 5.92 Å². The van der Waals surface area contributed by atoms with Crippen LogP contribution in [0.3, 0.4) is 0 Å². The molecule has 0 spiro atoms.